The van der Waals surface area contributed by atoms with Gasteiger partial charge in [-0.2, -0.15) is 5.10 Å². The van der Waals surface area contributed by atoms with E-state index in [1.807, 2.05) is 13.8 Å². The highest BCUT2D eigenvalue weighted by molar-refractivity contribution is 7.92. The summed E-state index contributed by atoms with van der Waals surface area (Å²) in [6, 6.07) is 0. The number of aromatic nitrogens is 2. The first-order valence-corrected chi connectivity index (χ1v) is 6.97. The topological polar surface area (TPSA) is 134 Å². The zero-order valence-corrected chi connectivity index (χ0v) is 11.0. The molecule has 0 bridgehead atoms. The van der Waals surface area contributed by atoms with Crippen molar-refractivity contribution in [1.29, 1.82) is 5.41 Å². The SMILES string of the molecule is CC(C)OCCS(=O)(=O)Nc1[nH]ncc1C(=N)N. The highest BCUT2D eigenvalue weighted by atomic mass is 32.2. The number of ether oxygens (including phenoxy) is 1. The molecule has 1 aromatic rings. The molecule has 0 saturated carbocycles. The lowest BCUT2D eigenvalue weighted by Crippen LogP contribution is -2.23. The maximum atomic E-state index is 11.7. The van der Waals surface area contributed by atoms with E-state index in [0.717, 1.165) is 0 Å². The summed E-state index contributed by atoms with van der Waals surface area (Å²) in [5, 5.41) is 13.3. The molecule has 8 nitrogen and oxygen atoms in total. The first-order valence-electron chi connectivity index (χ1n) is 5.31. The van der Waals surface area contributed by atoms with Crippen LogP contribution in [-0.2, 0) is 14.8 Å². The Balaban J connectivity index is 2.65. The van der Waals surface area contributed by atoms with E-state index in [1.165, 1.54) is 6.20 Å². The minimum absolute atomic E-state index is 0.0277. The number of nitrogens with zero attached hydrogens (tertiary/aromatic N) is 1. The third-order valence-electron chi connectivity index (χ3n) is 1.99. The summed E-state index contributed by atoms with van der Waals surface area (Å²) in [5.74, 6) is -0.353. The molecule has 0 atom stereocenters. The van der Waals surface area contributed by atoms with Crippen LogP contribution in [0.1, 0.15) is 19.4 Å². The van der Waals surface area contributed by atoms with Crippen LogP contribution in [0.25, 0.3) is 0 Å². The second-order valence-electron chi connectivity index (χ2n) is 3.91. The molecule has 5 N–H and O–H groups in total. The van der Waals surface area contributed by atoms with Gasteiger partial charge >= 0.3 is 0 Å². The van der Waals surface area contributed by atoms with Crippen molar-refractivity contribution in [2.45, 2.75) is 20.0 Å². The number of hydrogen-bond donors (Lipinski definition) is 4. The molecule has 1 aromatic heterocycles. The maximum absolute atomic E-state index is 11.7. The fourth-order valence-electron chi connectivity index (χ4n) is 1.17. The molecule has 18 heavy (non-hydrogen) atoms. The normalized spacial score (nSPS) is 11.7. The first kappa shape index (κ1) is 14.5. The fraction of sp³-hybridized carbons (Fsp3) is 0.556. The number of nitrogen functional groups attached to an aromatic ring is 1. The van der Waals surface area contributed by atoms with Crippen LogP contribution < -0.4 is 10.5 Å². The van der Waals surface area contributed by atoms with Crippen LogP contribution in [0.15, 0.2) is 6.20 Å². The van der Waals surface area contributed by atoms with E-state index in [-0.39, 0.29) is 35.7 Å². The van der Waals surface area contributed by atoms with Crippen molar-refractivity contribution in [1.82, 2.24) is 10.2 Å². The van der Waals surface area contributed by atoms with Crippen molar-refractivity contribution >= 4 is 21.7 Å². The van der Waals surface area contributed by atoms with Crippen LogP contribution >= 0.6 is 0 Å². The van der Waals surface area contributed by atoms with Crippen LogP contribution in [-0.4, -0.2) is 42.9 Å². The second-order valence-corrected chi connectivity index (χ2v) is 5.75. The van der Waals surface area contributed by atoms with E-state index >= 15 is 0 Å². The highest BCUT2D eigenvalue weighted by Gasteiger charge is 2.16. The quantitative estimate of drug-likeness (QED) is 0.406. The van der Waals surface area contributed by atoms with E-state index in [1.54, 1.807) is 0 Å². The number of rotatable bonds is 7. The average Bonchev–Trinajstić information content (AvgIpc) is 2.63. The smallest absolute Gasteiger partial charge is 0.236 e. The summed E-state index contributed by atoms with van der Waals surface area (Å²) in [6.45, 7) is 3.74. The Bertz CT molecular complexity index is 508. The van der Waals surface area contributed by atoms with E-state index in [9.17, 15) is 8.42 Å². The summed E-state index contributed by atoms with van der Waals surface area (Å²) in [4.78, 5) is 0. The van der Waals surface area contributed by atoms with Gasteiger partial charge < -0.3 is 10.5 Å². The van der Waals surface area contributed by atoms with Gasteiger partial charge in [0.05, 0.1) is 30.2 Å². The Morgan fingerprint density at radius 3 is 2.89 bits per heavy atom. The van der Waals surface area contributed by atoms with Crippen molar-refractivity contribution < 1.29 is 13.2 Å². The molecule has 9 heteroatoms. The van der Waals surface area contributed by atoms with Gasteiger partial charge in [0.25, 0.3) is 0 Å². The number of nitrogens with two attached hydrogens (primary N) is 1. The minimum atomic E-state index is -3.55. The molecule has 1 heterocycles. The van der Waals surface area contributed by atoms with Gasteiger partial charge in [-0.15, -0.1) is 0 Å². The van der Waals surface area contributed by atoms with Gasteiger partial charge in [-0.1, -0.05) is 0 Å². The summed E-state index contributed by atoms with van der Waals surface area (Å²) in [7, 11) is -3.55. The summed E-state index contributed by atoms with van der Waals surface area (Å²) in [6.07, 6.45) is 1.25. The lowest BCUT2D eigenvalue weighted by molar-refractivity contribution is 0.0913. The van der Waals surface area contributed by atoms with Crippen LogP contribution in [0.2, 0.25) is 0 Å². The van der Waals surface area contributed by atoms with Gasteiger partial charge in [-0.3, -0.25) is 15.2 Å². The molecule has 0 spiro atoms. The number of H-pyrrole nitrogens is 1. The summed E-state index contributed by atoms with van der Waals surface area (Å²) >= 11 is 0. The van der Waals surface area contributed by atoms with Crippen molar-refractivity contribution in [3.8, 4) is 0 Å². The van der Waals surface area contributed by atoms with Crippen molar-refractivity contribution in [2.75, 3.05) is 17.1 Å². The molecule has 0 unspecified atom stereocenters. The molecule has 1 rings (SSSR count). The first-order chi connectivity index (χ1) is 8.32. The maximum Gasteiger partial charge on any atom is 0.236 e. The van der Waals surface area contributed by atoms with E-state index in [4.69, 9.17) is 15.9 Å². The third-order valence-corrected chi connectivity index (χ3v) is 3.21. The molecule has 0 fully saturated rings. The van der Waals surface area contributed by atoms with Gasteiger partial charge in [0.2, 0.25) is 10.0 Å². The van der Waals surface area contributed by atoms with Crippen LogP contribution in [0.3, 0.4) is 0 Å². The van der Waals surface area contributed by atoms with Crippen molar-refractivity contribution in [3.05, 3.63) is 11.8 Å². The number of amidine groups is 1. The number of nitrogens with one attached hydrogen (secondary N) is 3. The Morgan fingerprint density at radius 1 is 1.67 bits per heavy atom. The van der Waals surface area contributed by atoms with Gasteiger partial charge in [-0.05, 0) is 13.8 Å². The number of sulfonamides is 1. The van der Waals surface area contributed by atoms with Gasteiger partial charge in [-0.25, -0.2) is 8.42 Å². The Kier molecular flexibility index (Phi) is 4.68. The molecule has 0 aromatic carbocycles. The summed E-state index contributed by atoms with van der Waals surface area (Å²) < 4.78 is 30.8. The van der Waals surface area contributed by atoms with Crippen LogP contribution in [0.4, 0.5) is 5.82 Å². The van der Waals surface area contributed by atoms with Crippen LogP contribution in [0.5, 0.6) is 0 Å². The molecule has 0 amide bonds. The Labute approximate surface area is 105 Å². The predicted molar refractivity (Wildman–Crippen MR) is 68.1 cm³/mol. The van der Waals surface area contributed by atoms with Gasteiger partial charge in [0.1, 0.15) is 11.7 Å². The number of hydrogen-bond acceptors (Lipinski definition) is 5. The van der Waals surface area contributed by atoms with E-state index < -0.39 is 10.0 Å². The monoisotopic (exact) mass is 275 g/mol. The van der Waals surface area contributed by atoms with E-state index in [0.29, 0.717) is 0 Å². The molecular weight excluding hydrogens is 258 g/mol. The molecule has 0 saturated heterocycles. The average molecular weight is 275 g/mol. The second kappa shape index (κ2) is 5.83. The lowest BCUT2D eigenvalue weighted by Gasteiger charge is -2.09. The zero-order chi connectivity index (χ0) is 13.8. The van der Waals surface area contributed by atoms with Crippen molar-refractivity contribution in [3.63, 3.8) is 0 Å². The fourth-order valence-corrected chi connectivity index (χ4v) is 2.05. The third kappa shape index (κ3) is 4.34. The molecule has 0 aliphatic heterocycles. The number of aromatic amines is 1. The van der Waals surface area contributed by atoms with Gasteiger partial charge in [0, 0.05) is 0 Å². The molecule has 0 aliphatic carbocycles. The van der Waals surface area contributed by atoms with Crippen LogP contribution in [0, 0.1) is 5.41 Å². The standard InChI is InChI=1S/C9H17N5O3S/c1-6(2)17-3-4-18(15,16)14-9-7(8(10)11)5-12-13-9/h5-6H,3-4H2,1-2H3,(H3,10,11)(H2,12,13,14). The van der Waals surface area contributed by atoms with E-state index in [2.05, 4.69) is 14.9 Å². The molecule has 102 valence electrons. The zero-order valence-electron chi connectivity index (χ0n) is 10.2. The molecule has 0 aliphatic rings. The summed E-state index contributed by atoms with van der Waals surface area (Å²) in [5.41, 5.74) is 5.49. The lowest BCUT2D eigenvalue weighted by atomic mass is 10.3. The molecule has 0 radical (unpaired) electrons. The van der Waals surface area contributed by atoms with Crippen molar-refractivity contribution in [2.24, 2.45) is 5.73 Å². The highest BCUT2D eigenvalue weighted by Crippen LogP contribution is 2.11. The number of anilines is 1. The van der Waals surface area contributed by atoms with Gasteiger partial charge in [0.15, 0.2) is 0 Å². The predicted octanol–water partition coefficient (Wildman–Crippen LogP) is -0.140. The molecular formula is C9H17N5O3S. The largest absolute Gasteiger partial charge is 0.384 e. The minimum Gasteiger partial charge on any atom is -0.384 e. The Hall–Kier alpha value is -1.61. The Morgan fingerprint density at radius 2 is 2.33 bits per heavy atom.